The molecule has 0 spiro atoms. The molecule has 3 rings (SSSR count). The van der Waals surface area contributed by atoms with Crippen molar-refractivity contribution in [1.82, 2.24) is 0 Å². The van der Waals surface area contributed by atoms with E-state index >= 15 is 0 Å². The van der Waals surface area contributed by atoms with E-state index in [2.05, 4.69) is 5.32 Å². The van der Waals surface area contributed by atoms with E-state index < -0.39 is 10.1 Å². The van der Waals surface area contributed by atoms with Crippen LogP contribution in [0.3, 0.4) is 0 Å². The van der Waals surface area contributed by atoms with Crippen LogP contribution in [0, 0.1) is 0 Å². The second kappa shape index (κ2) is 7.67. The number of halogens is 2. The van der Waals surface area contributed by atoms with Crippen molar-refractivity contribution in [2.24, 2.45) is 0 Å². The second-order valence-electron chi connectivity index (χ2n) is 5.07. The average Bonchev–Trinajstić information content (AvgIpc) is 2.96. The van der Waals surface area contributed by atoms with Gasteiger partial charge in [-0.05, 0) is 42.5 Å². The Hall–Kier alpha value is -2.06. The molecule has 0 aliphatic carbocycles. The van der Waals surface area contributed by atoms with E-state index in [1.807, 2.05) is 6.07 Å². The van der Waals surface area contributed by atoms with E-state index in [1.54, 1.807) is 24.3 Å². The SMILES string of the molecule is O=C(Nc1ccc(OS(=O)(=O)c2cc(Cl)sc2Cl)cc1)c1ccccc1. The predicted molar refractivity (Wildman–Crippen MR) is 103 cm³/mol. The highest BCUT2D eigenvalue weighted by atomic mass is 35.5. The van der Waals surface area contributed by atoms with E-state index in [-0.39, 0.29) is 25.2 Å². The molecule has 0 aliphatic heterocycles. The number of hydrogen-bond acceptors (Lipinski definition) is 5. The molecule has 134 valence electrons. The van der Waals surface area contributed by atoms with Crippen molar-refractivity contribution in [1.29, 1.82) is 0 Å². The monoisotopic (exact) mass is 427 g/mol. The summed E-state index contributed by atoms with van der Waals surface area (Å²) >= 11 is 12.6. The molecule has 3 aromatic rings. The van der Waals surface area contributed by atoms with Crippen molar-refractivity contribution in [3.63, 3.8) is 0 Å². The summed E-state index contributed by atoms with van der Waals surface area (Å²) in [4.78, 5) is 11.9. The molecular formula is C17H11Cl2NO4S2. The zero-order valence-electron chi connectivity index (χ0n) is 13.0. The first-order chi connectivity index (χ1) is 12.3. The Bertz CT molecular complexity index is 1030. The van der Waals surface area contributed by atoms with Gasteiger partial charge in [-0.1, -0.05) is 41.4 Å². The number of anilines is 1. The van der Waals surface area contributed by atoms with Crippen LogP contribution in [0.1, 0.15) is 10.4 Å². The molecule has 0 saturated heterocycles. The van der Waals surface area contributed by atoms with Gasteiger partial charge in [0.2, 0.25) is 0 Å². The van der Waals surface area contributed by atoms with Gasteiger partial charge in [0.15, 0.2) is 0 Å². The van der Waals surface area contributed by atoms with Crippen LogP contribution in [0.5, 0.6) is 5.75 Å². The molecule has 1 amide bonds. The van der Waals surface area contributed by atoms with Gasteiger partial charge >= 0.3 is 10.1 Å². The van der Waals surface area contributed by atoms with Gasteiger partial charge in [0.1, 0.15) is 15.0 Å². The molecule has 0 saturated carbocycles. The lowest BCUT2D eigenvalue weighted by atomic mass is 10.2. The molecule has 1 N–H and O–H groups in total. The lowest BCUT2D eigenvalue weighted by Crippen LogP contribution is -2.12. The Morgan fingerprint density at radius 2 is 1.65 bits per heavy atom. The van der Waals surface area contributed by atoms with E-state index in [0.717, 1.165) is 11.3 Å². The van der Waals surface area contributed by atoms with Crippen molar-refractivity contribution in [3.05, 3.63) is 74.9 Å². The summed E-state index contributed by atoms with van der Waals surface area (Å²) in [5.41, 5.74) is 1.01. The molecule has 5 nitrogen and oxygen atoms in total. The molecule has 0 unspecified atom stereocenters. The highest BCUT2D eigenvalue weighted by Crippen LogP contribution is 2.35. The largest absolute Gasteiger partial charge is 0.379 e. The lowest BCUT2D eigenvalue weighted by Gasteiger charge is -2.08. The molecule has 0 radical (unpaired) electrons. The fraction of sp³-hybridized carbons (Fsp3) is 0. The number of benzene rings is 2. The zero-order chi connectivity index (χ0) is 18.7. The Morgan fingerprint density at radius 1 is 1.00 bits per heavy atom. The summed E-state index contributed by atoms with van der Waals surface area (Å²) < 4.78 is 29.8. The van der Waals surface area contributed by atoms with E-state index in [0.29, 0.717) is 11.3 Å². The first kappa shape index (κ1) is 18.7. The van der Waals surface area contributed by atoms with Crippen LogP contribution in [-0.2, 0) is 10.1 Å². The summed E-state index contributed by atoms with van der Waals surface area (Å²) in [6.45, 7) is 0. The third-order valence-corrected chi connectivity index (χ3v) is 6.25. The molecule has 1 aromatic heterocycles. The number of thiophene rings is 1. The van der Waals surface area contributed by atoms with Gasteiger partial charge in [-0.3, -0.25) is 4.79 Å². The Morgan fingerprint density at radius 3 is 2.23 bits per heavy atom. The lowest BCUT2D eigenvalue weighted by molar-refractivity contribution is 0.102. The fourth-order valence-corrected chi connectivity index (χ4v) is 5.09. The highest BCUT2D eigenvalue weighted by molar-refractivity contribution is 7.87. The van der Waals surface area contributed by atoms with Crippen LogP contribution in [0.15, 0.2) is 65.6 Å². The topological polar surface area (TPSA) is 72.5 Å². The van der Waals surface area contributed by atoms with Crippen LogP contribution in [0.4, 0.5) is 5.69 Å². The van der Waals surface area contributed by atoms with Crippen LogP contribution < -0.4 is 9.50 Å². The smallest absolute Gasteiger partial charge is 0.341 e. The van der Waals surface area contributed by atoms with Gasteiger partial charge in [-0.25, -0.2) is 0 Å². The first-order valence-corrected chi connectivity index (χ1v) is 10.2. The fourth-order valence-electron chi connectivity index (χ4n) is 2.05. The van der Waals surface area contributed by atoms with Crippen molar-refractivity contribution < 1.29 is 17.4 Å². The molecule has 0 fully saturated rings. The summed E-state index contributed by atoms with van der Waals surface area (Å²) in [6.07, 6.45) is 0. The first-order valence-electron chi connectivity index (χ1n) is 7.21. The molecule has 26 heavy (non-hydrogen) atoms. The van der Waals surface area contributed by atoms with Crippen LogP contribution in [0.2, 0.25) is 8.67 Å². The quantitative estimate of drug-likeness (QED) is 0.576. The minimum atomic E-state index is -4.10. The maximum absolute atomic E-state index is 12.3. The number of nitrogens with one attached hydrogen (secondary N) is 1. The summed E-state index contributed by atoms with van der Waals surface area (Å²) in [5.74, 6) is -0.187. The van der Waals surface area contributed by atoms with Gasteiger partial charge in [-0.2, -0.15) is 8.42 Å². The van der Waals surface area contributed by atoms with Crippen LogP contribution >= 0.6 is 34.5 Å². The predicted octanol–water partition coefficient (Wildman–Crippen LogP) is 5.07. The van der Waals surface area contributed by atoms with Crippen LogP contribution in [0.25, 0.3) is 0 Å². The van der Waals surface area contributed by atoms with Crippen molar-refractivity contribution in [2.45, 2.75) is 4.90 Å². The molecule has 9 heteroatoms. The molecule has 2 aromatic carbocycles. The van der Waals surface area contributed by atoms with E-state index in [1.165, 1.54) is 30.3 Å². The summed E-state index contributed by atoms with van der Waals surface area (Å²) in [5, 5.41) is 2.71. The van der Waals surface area contributed by atoms with Crippen molar-refractivity contribution in [2.75, 3.05) is 5.32 Å². The maximum atomic E-state index is 12.3. The summed E-state index contributed by atoms with van der Waals surface area (Å²) in [6, 6.07) is 15.9. The number of hydrogen-bond donors (Lipinski definition) is 1. The molecule has 0 atom stereocenters. The standard InChI is InChI=1S/C17H11Cl2NO4S2/c18-15-10-14(16(19)25-15)26(22,23)24-13-8-6-12(7-9-13)20-17(21)11-4-2-1-3-5-11/h1-10H,(H,20,21). The molecule has 1 heterocycles. The Labute approximate surface area is 164 Å². The van der Waals surface area contributed by atoms with Gasteiger partial charge in [0.25, 0.3) is 5.91 Å². The Balaban J connectivity index is 1.72. The number of amides is 1. The number of rotatable bonds is 5. The minimum Gasteiger partial charge on any atom is -0.379 e. The molecule has 0 aliphatic rings. The van der Waals surface area contributed by atoms with Crippen molar-refractivity contribution >= 4 is 56.3 Å². The molecule has 0 bridgehead atoms. The van der Waals surface area contributed by atoms with E-state index in [4.69, 9.17) is 27.4 Å². The molecular weight excluding hydrogens is 417 g/mol. The van der Waals surface area contributed by atoms with Gasteiger partial charge in [0.05, 0.1) is 4.34 Å². The maximum Gasteiger partial charge on any atom is 0.341 e. The second-order valence-corrected chi connectivity index (χ2v) is 8.87. The minimum absolute atomic E-state index is 0.0294. The van der Waals surface area contributed by atoms with Gasteiger partial charge in [-0.15, -0.1) is 11.3 Å². The zero-order valence-corrected chi connectivity index (χ0v) is 16.1. The average molecular weight is 428 g/mol. The van der Waals surface area contributed by atoms with Gasteiger partial charge in [0, 0.05) is 11.3 Å². The Kier molecular flexibility index (Phi) is 5.52. The van der Waals surface area contributed by atoms with Crippen LogP contribution in [-0.4, -0.2) is 14.3 Å². The summed E-state index contributed by atoms with van der Waals surface area (Å²) in [7, 11) is -4.10. The number of carbonyl (C=O) groups excluding carboxylic acids is 1. The normalized spacial score (nSPS) is 11.2. The highest BCUT2D eigenvalue weighted by Gasteiger charge is 2.23. The third kappa shape index (κ3) is 4.37. The van der Waals surface area contributed by atoms with Crippen molar-refractivity contribution in [3.8, 4) is 5.75 Å². The van der Waals surface area contributed by atoms with Gasteiger partial charge < -0.3 is 9.50 Å². The number of carbonyl (C=O) groups is 1. The third-order valence-electron chi connectivity index (χ3n) is 3.25. The van der Waals surface area contributed by atoms with E-state index in [9.17, 15) is 13.2 Å².